The van der Waals surface area contributed by atoms with E-state index < -0.39 is 16.6 Å². The van der Waals surface area contributed by atoms with Gasteiger partial charge in [0.25, 0.3) is 0 Å². The second-order valence-corrected chi connectivity index (χ2v) is 17.5. The molecule has 1 aliphatic heterocycles. The second-order valence-electron chi connectivity index (χ2n) is 8.65. The van der Waals surface area contributed by atoms with Gasteiger partial charge in [-0.3, -0.25) is 0 Å². The van der Waals surface area contributed by atoms with Crippen LogP contribution in [0.15, 0.2) is 24.3 Å². The number of nitrogens with one attached hydrogen (secondary N) is 1. The zero-order valence-electron chi connectivity index (χ0n) is 14.7. The van der Waals surface area contributed by atoms with Crippen molar-refractivity contribution in [3.8, 4) is 0 Å². The molecule has 2 aliphatic rings. The molecule has 1 N–H and O–H groups in total. The first-order valence-electron chi connectivity index (χ1n) is 8.31. The summed E-state index contributed by atoms with van der Waals surface area (Å²) in [5.74, 6) is 0. The summed E-state index contributed by atoms with van der Waals surface area (Å²) in [4.78, 5) is 0. The quantitative estimate of drug-likeness (QED) is 0.819. The summed E-state index contributed by atoms with van der Waals surface area (Å²) in [5, 5.41) is 3.60. The molecule has 0 radical (unpaired) electrons. The van der Waals surface area contributed by atoms with Crippen LogP contribution >= 0.6 is 0 Å². The standard InChI is InChI=1S/C17H29NO2Si2/c1-21(2,3)19-16-11-12-17(16,20-22(4,5)6)14-9-7-8-10-15(14)18-13-16/h7-10,18H,11-13H2,1-6H3. The summed E-state index contributed by atoms with van der Waals surface area (Å²) in [7, 11) is -3.35. The molecule has 3 nitrogen and oxygen atoms in total. The normalized spacial score (nSPS) is 30.8. The molecule has 2 unspecified atom stereocenters. The number of para-hydroxylation sites is 1. The topological polar surface area (TPSA) is 30.5 Å². The van der Waals surface area contributed by atoms with Crippen molar-refractivity contribution in [2.75, 3.05) is 11.9 Å². The van der Waals surface area contributed by atoms with Crippen molar-refractivity contribution >= 4 is 22.3 Å². The lowest BCUT2D eigenvalue weighted by Crippen LogP contribution is -2.72. The van der Waals surface area contributed by atoms with Gasteiger partial charge in [0.2, 0.25) is 0 Å². The summed E-state index contributed by atoms with van der Waals surface area (Å²) in [6.07, 6.45) is 2.16. The van der Waals surface area contributed by atoms with Gasteiger partial charge in [-0.25, -0.2) is 0 Å². The third-order valence-corrected chi connectivity index (χ3v) is 6.49. The average molecular weight is 336 g/mol. The Morgan fingerprint density at radius 3 is 2.09 bits per heavy atom. The van der Waals surface area contributed by atoms with Crippen LogP contribution < -0.4 is 5.32 Å². The fourth-order valence-electron chi connectivity index (χ4n) is 3.95. The third kappa shape index (κ3) is 2.58. The summed E-state index contributed by atoms with van der Waals surface area (Å²) in [6.45, 7) is 14.5. The highest BCUT2D eigenvalue weighted by atomic mass is 28.4. The van der Waals surface area contributed by atoms with Crippen molar-refractivity contribution in [1.82, 2.24) is 0 Å². The molecule has 1 fully saturated rings. The van der Waals surface area contributed by atoms with E-state index in [0.717, 1.165) is 19.4 Å². The Labute approximate surface area is 136 Å². The molecular formula is C17H29NO2Si2. The van der Waals surface area contributed by atoms with Gasteiger partial charge in [-0.1, -0.05) is 18.2 Å². The second kappa shape index (κ2) is 4.93. The molecule has 1 aliphatic carbocycles. The maximum Gasteiger partial charge on any atom is 0.185 e. The molecule has 0 aromatic heterocycles. The van der Waals surface area contributed by atoms with Gasteiger partial charge < -0.3 is 14.2 Å². The van der Waals surface area contributed by atoms with Crippen LogP contribution in [-0.2, 0) is 14.5 Å². The molecule has 5 heteroatoms. The molecule has 1 aromatic carbocycles. The van der Waals surface area contributed by atoms with Crippen molar-refractivity contribution in [3.63, 3.8) is 0 Å². The number of hydrogen-bond acceptors (Lipinski definition) is 3. The van der Waals surface area contributed by atoms with Crippen molar-refractivity contribution < 1.29 is 8.85 Å². The van der Waals surface area contributed by atoms with Crippen molar-refractivity contribution in [2.45, 2.75) is 63.3 Å². The van der Waals surface area contributed by atoms with E-state index >= 15 is 0 Å². The molecule has 0 saturated heterocycles. The highest BCUT2D eigenvalue weighted by Gasteiger charge is 2.66. The van der Waals surface area contributed by atoms with Crippen LogP contribution in [-0.4, -0.2) is 28.8 Å². The zero-order chi connectivity index (χ0) is 16.2. The monoisotopic (exact) mass is 335 g/mol. The first-order chi connectivity index (χ1) is 10.1. The summed E-state index contributed by atoms with van der Waals surface area (Å²) in [6, 6.07) is 8.61. The van der Waals surface area contributed by atoms with Gasteiger partial charge >= 0.3 is 0 Å². The number of fused-ring (bicyclic) bond motifs is 3. The van der Waals surface area contributed by atoms with Gasteiger partial charge in [-0.15, -0.1) is 0 Å². The smallest absolute Gasteiger partial charge is 0.185 e. The van der Waals surface area contributed by atoms with Crippen LogP contribution in [0.4, 0.5) is 5.69 Å². The maximum absolute atomic E-state index is 6.84. The Balaban J connectivity index is 2.09. The fraction of sp³-hybridized carbons (Fsp3) is 0.647. The number of benzene rings is 1. The van der Waals surface area contributed by atoms with Crippen molar-refractivity contribution in [1.29, 1.82) is 0 Å². The van der Waals surface area contributed by atoms with E-state index in [-0.39, 0.29) is 11.2 Å². The van der Waals surface area contributed by atoms with E-state index in [4.69, 9.17) is 8.85 Å². The Bertz CT molecular complexity index is 579. The highest BCUT2D eigenvalue weighted by Crippen LogP contribution is 2.60. The lowest BCUT2D eigenvalue weighted by atomic mass is 9.60. The third-order valence-electron chi connectivity index (χ3n) is 4.53. The molecule has 1 aromatic rings. The van der Waals surface area contributed by atoms with Gasteiger partial charge in [0.1, 0.15) is 11.2 Å². The minimum absolute atomic E-state index is 0.188. The van der Waals surface area contributed by atoms with Crippen LogP contribution in [0.1, 0.15) is 18.4 Å². The SMILES string of the molecule is C[Si](C)(C)OC12CCC1(O[Si](C)(C)C)c1ccccc1NC2. The predicted octanol–water partition coefficient (Wildman–Crippen LogP) is 4.54. The van der Waals surface area contributed by atoms with Crippen molar-refractivity contribution in [3.05, 3.63) is 29.8 Å². The highest BCUT2D eigenvalue weighted by molar-refractivity contribution is 6.70. The van der Waals surface area contributed by atoms with Gasteiger partial charge in [-0.05, 0) is 58.2 Å². The molecule has 0 amide bonds. The van der Waals surface area contributed by atoms with Gasteiger partial charge in [0.15, 0.2) is 16.6 Å². The van der Waals surface area contributed by atoms with Gasteiger partial charge in [0, 0.05) is 17.8 Å². The molecule has 122 valence electrons. The minimum Gasteiger partial charge on any atom is -0.407 e. The lowest BCUT2D eigenvalue weighted by molar-refractivity contribution is -0.202. The van der Waals surface area contributed by atoms with Crippen LogP contribution in [0.3, 0.4) is 0 Å². The Hall–Kier alpha value is -0.626. The van der Waals surface area contributed by atoms with E-state index in [9.17, 15) is 0 Å². The summed E-state index contributed by atoms with van der Waals surface area (Å²) in [5.41, 5.74) is 2.08. The number of hydrogen-bond donors (Lipinski definition) is 1. The first kappa shape index (κ1) is 16.2. The van der Waals surface area contributed by atoms with Gasteiger partial charge in [0.05, 0.1) is 0 Å². The predicted molar refractivity (Wildman–Crippen MR) is 97.4 cm³/mol. The van der Waals surface area contributed by atoms with E-state index in [1.807, 2.05) is 0 Å². The molecule has 1 heterocycles. The van der Waals surface area contributed by atoms with E-state index in [0.29, 0.717) is 0 Å². The zero-order valence-corrected chi connectivity index (χ0v) is 16.7. The largest absolute Gasteiger partial charge is 0.407 e. The Morgan fingerprint density at radius 2 is 1.55 bits per heavy atom. The Morgan fingerprint density at radius 1 is 0.909 bits per heavy atom. The summed E-state index contributed by atoms with van der Waals surface area (Å²) < 4.78 is 13.6. The number of rotatable bonds is 4. The maximum atomic E-state index is 6.84. The Kier molecular flexibility index (Phi) is 3.64. The lowest BCUT2D eigenvalue weighted by Gasteiger charge is -2.64. The van der Waals surface area contributed by atoms with Crippen molar-refractivity contribution in [2.24, 2.45) is 0 Å². The van der Waals surface area contributed by atoms with E-state index in [1.165, 1.54) is 11.3 Å². The average Bonchev–Trinajstić information content (AvgIpc) is 2.36. The first-order valence-corrected chi connectivity index (χ1v) is 15.1. The molecule has 22 heavy (non-hydrogen) atoms. The van der Waals surface area contributed by atoms with Crippen LogP contribution in [0.2, 0.25) is 39.3 Å². The molecule has 2 atom stereocenters. The molecule has 0 bridgehead atoms. The van der Waals surface area contributed by atoms with Crippen LogP contribution in [0, 0.1) is 0 Å². The molecule has 1 saturated carbocycles. The van der Waals surface area contributed by atoms with E-state index in [1.54, 1.807) is 0 Å². The van der Waals surface area contributed by atoms with Crippen LogP contribution in [0.25, 0.3) is 0 Å². The number of anilines is 1. The minimum atomic E-state index is -1.69. The molecule has 0 spiro atoms. The molecular weight excluding hydrogens is 306 g/mol. The van der Waals surface area contributed by atoms with Gasteiger partial charge in [-0.2, -0.15) is 0 Å². The van der Waals surface area contributed by atoms with Crippen LogP contribution in [0.5, 0.6) is 0 Å². The van der Waals surface area contributed by atoms with E-state index in [2.05, 4.69) is 68.9 Å². The molecule has 3 rings (SSSR count). The summed E-state index contributed by atoms with van der Waals surface area (Å²) >= 11 is 0. The fourth-order valence-corrected chi connectivity index (χ4v) is 6.90.